The molecular formula is C12H21N3S. The van der Waals surface area contributed by atoms with E-state index in [1.807, 2.05) is 24.9 Å². The molecule has 0 aliphatic heterocycles. The number of hydrogen-bond donors (Lipinski definition) is 1. The zero-order chi connectivity index (χ0) is 12.0. The third-order valence-electron chi connectivity index (χ3n) is 2.52. The molecule has 1 unspecified atom stereocenters. The number of nitrogens with zero attached hydrogens (tertiary/aromatic N) is 2. The highest BCUT2D eigenvalue weighted by molar-refractivity contribution is 7.99. The van der Waals surface area contributed by atoms with E-state index in [2.05, 4.69) is 36.1 Å². The first-order chi connectivity index (χ1) is 7.69. The molecule has 0 spiro atoms. The summed E-state index contributed by atoms with van der Waals surface area (Å²) in [5.74, 6) is 2.76. The Morgan fingerprint density at radius 1 is 1.38 bits per heavy atom. The van der Waals surface area contributed by atoms with Crippen LogP contribution in [0.4, 0.5) is 5.82 Å². The zero-order valence-electron chi connectivity index (χ0n) is 10.6. The number of nitrogens with one attached hydrogen (secondary N) is 1. The van der Waals surface area contributed by atoms with Crippen LogP contribution in [0, 0.1) is 0 Å². The summed E-state index contributed by atoms with van der Waals surface area (Å²) in [6, 6.07) is 2.01. The lowest BCUT2D eigenvalue weighted by molar-refractivity contribution is 0.896. The number of aromatic nitrogens is 2. The van der Waals surface area contributed by atoms with E-state index in [1.54, 1.807) is 0 Å². The van der Waals surface area contributed by atoms with Crippen molar-refractivity contribution in [2.24, 2.45) is 0 Å². The summed E-state index contributed by atoms with van der Waals surface area (Å²) in [6.45, 7) is 6.57. The highest BCUT2D eigenvalue weighted by Gasteiger charge is 2.05. The van der Waals surface area contributed by atoms with E-state index in [1.165, 1.54) is 6.42 Å². The number of anilines is 1. The number of hydrogen-bond acceptors (Lipinski definition) is 4. The zero-order valence-corrected chi connectivity index (χ0v) is 11.4. The van der Waals surface area contributed by atoms with E-state index in [0.29, 0.717) is 5.25 Å². The molecule has 0 amide bonds. The molecule has 1 rings (SSSR count). The molecule has 1 heterocycles. The SMILES string of the molecule is CCc1cc(NC)nc(CSC(C)CC)n1. The molecule has 16 heavy (non-hydrogen) atoms. The molecule has 90 valence electrons. The van der Waals surface area contributed by atoms with E-state index >= 15 is 0 Å². The fourth-order valence-corrected chi connectivity index (χ4v) is 2.06. The van der Waals surface area contributed by atoms with Crippen LogP contribution in [0.25, 0.3) is 0 Å². The van der Waals surface area contributed by atoms with Crippen molar-refractivity contribution in [3.05, 3.63) is 17.6 Å². The number of thioether (sulfide) groups is 1. The number of rotatable bonds is 6. The first-order valence-corrected chi connectivity index (χ1v) is 6.90. The molecule has 0 radical (unpaired) electrons. The first-order valence-electron chi connectivity index (χ1n) is 5.85. The normalized spacial score (nSPS) is 12.5. The second kappa shape index (κ2) is 6.74. The summed E-state index contributed by atoms with van der Waals surface area (Å²) in [7, 11) is 1.90. The van der Waals surface area contributed by atoms with Gasteiger partial charge < -0.3 is 5.32 Å². The third kappa shape index (κ3) is 4.00. The van der Waals surface area contributed by atoms with Crippen LogP contribution in [0.2, 0.25) is 0 Å². The van der Waals surface area contributed by atoms with Gasteiger partial charge in [0, 0.05) is 24.1 Å². The molecule has 0 saturated heterocycles. The van der Waals surface area contributed by atoms with Gasteiger partial charge in [0.2, 0.25) is 0 Å². The molecule has 1 atom stereocenters. The smallest absolute Gasteiger partial charge is 0.140 e. The highest BCUT2D eigenvalue weighted by atomic mass is 32.2. The summed E-state index contributed by atoms with van der Waals surface area (Å²) in [5, 5.41) is 3.76. The molecule has 0 bridgehead atoms. The van der Waals surface area contributed by atoms with Crippen molar-refractivity contribution < 1.29 is 0 Å². The van der Waals surface area contributed by atoms with Gasteiger partial charge in [0.05, 0.1) is 5.75 Å². The quantitative estimate of drug-likeness (QED) is 0.827. The Labute approximate surface area is 102 Å². The van der Waals surface area contributed by atoms with Crippen molar-refractivity contribution in [1.82, 2.24) is 9.97 Å². The minimum atomic E-state index is 0.673. The van der Waals surface area contributed by atoms with E-state index in [9.17, 15) is 0 Å². The van der Waals surface area contributed by atoms with E-state index in [-0.39, 0.29) is 0 Å². The number of aryl methyl sites for hydroxylation is 1. The molecule has 1 N–H and O–H groups in total. The standard InChI is InChI=1S/C12H21N3S/c1-5-9(3)16-8-12-14-10(6-2)7-11(13-4)15-12/h7,9H,5-6,8H2,1-4H3,(H,13,14,15). The maximum Gasteiger partial charge on any atom is 0.140 e. The fraction of sp³-hybridized carbons (Fsp3) is 0.667. The van der Waals surface area contributed by atoms with Gasteiger partial charge in [-0.2, -0.15) is 11.8 Å². The molecule has 0 fully saturated rings. The van der Waals surface area contributed by atoms with Gasteiger partial charge in [-0.25, -0.2) is 9.97 Å². The molecule has 3 nitrogen and oxygen atoms in total. The lowest BCUT2D eigenvalue weighted by Gasteiger charge is -2.09. The maximum absolute atomic E-state index is 4.53. The molecule has 0 aliphatic rings. The second-order valence-corrected chi connectivity index (χ2v) is 5.22. The lowest BCUT2D eigenvalue weighted by Crippen LogP contribution is -2.03. The minimum Gasteiger partial charge on any atom is -0.373 e. The van der Waals surface area contributed by atoms with Crippen molar-refractivity contribution in [3.63, 3.8) is 0 Å². The Balaban J connectivity index is 2.71. The first kappa shape index (κ1) is 13.3. The largest absolute Gasteiger partial charge is 0.373 e. The van der Waals surface area contributed by atoms with Crippen LogP contribution >= 0.6 is 11.8 Å². The van der Waals surface area contributed by atoms with Crippen LogP contribution in [-0.4, -0.2) is 22.3 Å². The summed E-state index contributed by atoms with van der Waals surface area (Å²) in [4.78, 5) is 9.00. The van der Waals surface area contributed by atoms with Crippen molar-refractivity contribution >= 4 is 17.6 Å². The molecular weight excluding hydrogens is 218 g/mol. The molecule has 0 aromatic carbocycles. The average Bonchev–Trinajstić information content (AvgIpc) is 2.35. The Morgan fingerprint density at radius 2 is 2.12 bits per heavy atom. The van der Waals surface area contributed by atoms with E-state index in [4.69, 9.17) is 0 Å². The Bertz CT molecular complexity index is 306. The molecule has 0 saturated carbocycles. The van der Waals surface area contributed by atoms with Crippen LogP contribution in [0.5, 0.6) is 0 Å². The van der Waals surface area contributed by atoms with Gasteiger partial charge in [0.15, 0.2) is 0 Å². The Kier molecular flexibility index (Phi) is 5.60. The van der Waals surface area contributed by atoms with Crippen molar-refractivity contribution in [2.45, 2.75) is 44.6 Å². The Hall–Kier alpha value is -0.770. The summed E-state index contributed by atoms with van der Waals surface area (Å²) < 4.78 is 0. The molecule has 0 aliphatic carbocycles. The van der Waals surface area contributed by atoms with Gasteiger partial charge >= 0.3 is 0 Å². The van der Waals surface area contributed by atoms with Gasteiger partial charge in [0.1, 0.15) is 11.6 Å². The monoisotopic (exact) mass is 239 g/mol. The third-order valence-corrected chi connectivity index (χ3v) is 3.84. The average molecular weight is 239 g/mol. The van der Waals surface area contributed by atoms with Crippen molar-refractivity contribution in [2.75, 3.05) is 12.4 Å². The van der Waals surface area contributed by atoms with Gasteiger partial charge in [-0.1, -0.05) is 20.8 Å². The molecule has 1 aromatic rings. The van der Waals surface area contributed by atoms with Crippen LogP contribution in [0.3, 0.4) is 0 Å². The maximum atomic E-state index is 4.53. The minimum absolute atomic E-state index is 0.673. The predicted octanol–water partition coefficient (Wildman–Crippen LogP) is 3.11. The fourth-order valence-electron chi connectivity index (χ4n) is 1.26. The van der Waals surface area contributed by atoms with Crippen molar-refractivity contribution in [3.8, 4) is 0 Å². The van der Waals surface area contributed by atoms with Crippen LogP contribution in [0.15, 0.2) is 6.07 Å². The van der Waals surface area contributed by atoms with Crippen molar-refractivity contribution in [1.29, 1.82) is 0 Å². The topological polar surface area (TPSA) is 37.8 Å². The molecule has 4 heteroatoms. The predicted molar refractivity (Wildman–Crippen MR) is 72.0 cm³/mol. The van der Waals surface area contributed by atoms with Crippen LogP contribution in [-0.2, 0) is 12.2 Å². The van der Waals surface area contributed by atoms with Gasteiger partial charge in [0.25, 0.3) is 0 Å². The van der Waals surface area contributed by atoms with E-state index < -0.39 is 0 Å². The lowest BCUT2D eigenvalue weighted by atomic mass is 10.3. The Morgan fingerprint density at radius 3 is 2.69 bits per heavy atom. The summed E-state index contributed by atoms with van der Waals surface area (Å²) in [5.41, 5.74) is 1.11. The van der Waals surface area contributed by atoms with Gasteiger partial charge in [-0.3, -0.25) is 0 Å². The van der Waals surface area contributed by atoms with Gasteiger partial charge in [-0.15, -0.1) is 0 Å². The second-order valence-electron chi connectivity index (χ2n) is 3.79. The summed E-state index contributed by atoms with van der Waals surface area (Å²) >= 11 is 1.92. The van der Waals surface area contributed by atoms with Crippen LogP contribution in [0.1, 0.15) is 38.7 Å². The highest BCUT2D eigenvalue weighted by Crippen LogP contribution is 2.19. The van der Waals surface area contributed by atoms with Gasteiger partial charge in [-0.05, 0) is 12.8 Å². The molecule has 1 aromatic heterocycles. The summed E-state index contributed by atoms with van der Waals surface area (Å²) in [6.07, 6.45) is 2.15. The van der Waals surface area contributed by atoms with E-state index in [0.717, 1.165) is 29.5 Å². The van der Waals surface area contributed by atoms with Crippen LogP contribution < -0.4 is 5.32 Å².